The fraction of sp³-hybridized carbons (Fsp3) is 1.00. The van der Waals surface area contributed by atoms with Crippen LogP contribution < -0.4 is 0 Å². The first-order valence-corrected chi connectivity index (χ1v) is 7.50. The molecule has 0 bridgehead atoms. The molecule has 0 amide bonds. The monoisotopic (exact) mass is 226 g/mol. The van der Waals surface area contributed by atoms with Crippen LogP contribution in [0.15, 0.2) is 0 Å². The van der Waals surface area contributed by atoms with E-state index < -0.39 is 0 Å². The van der Waals surface area contributed by atoms with E-state index in [0.717, 1.165) is 12.5 Å². The van der Waals surface area contributed by atoms with E-state index in [1.54, 1.807) is 0 Å². The van der Waals surface area contributed by atoms with E-state index in [9.17, 15) is 0 Å². The van der Waals surface area contributed by atoms with Crippen LogP contribution in [0.2, 0.25) is 0 Å². The van der Waals surface area contributed by atoms with Crippen molar-refractivity contribution in [2.75, 3.05) is 6.61 Å². The van der Waals surface area contributed by atoms with E-state index in [-0.39, 0.29) is 0 Å². The lowest BCUT2D eigenvalue weighted by Gasteiger charge is -2.14. The van der Waals surface area contributed by atoms with Crippen LogP contribution in [0.3, 0.4) is 0 Å². The van der Waals surface area contributed by atoms with Crippen LogP contribution in [0.4, 0.5) is 0 Å². The van der Waals surface area contributed by atoms with E-state index in [4.69, 9.17) is 4.74 Å². The van der Waals surface area contributed by atoms with Crippen LogP contribution in [0, 0.1) is 5.92 Å². The van der Waals surface area contributed by atoms with Gasteiger partial charge in [0.25, 0.3) is 0 Å². The molecule has 1 aliphatic heterocycles. The maximum absolute atomic E-state index is 5.48. The number of epoxide rings is 1. The lowest BCUT2D eigenvalue weighted by molar-refractivity contribution is 0.290. The molecule has 1 unspecified atom stereocenters. The zero-order valence-corrected chi connectivity index (χ0v) is 11.3. The molecule has 1 atom stereocenters. The summed E-state index contributed by atoms with van der Waals surface area (Å²) in [4.78, 5) is 0. The summed E-state index contributed by atoms with van der Waals surface area (Å²) in [6, 6.07) is 0. The third-order valence-electron chi connectivity index (χ3n) is 3.74. The summed E-state index contributed by atoms with van der Waals surface area (Å²) >= 11 is 0. The fourth-order valence-corrected chi connectivity index (χ4v) is 2.51. The van der Waals surface area contributed by atoms with Gasteiger partial charge in [-0.15, -0.1) is 0 Å². The van der Waals surface area contributed by atoms with Crippen molar-refractivity contribution in [2.45, 2.75) is 84.2 Å². The smallest absolute Gasteiger partial charge is 0.0838 e. The Kier molecular flexibility index (Phi) is 7.92. The molecule has 0 aromatic carbocycles. The van der Waals surface area contributed by atoms with E-state index in [1.165, 1.54) is 64.2 Å². The van der Waals surface area contributed by atoms with Crippen LogP contribution in [-0.4, -0.2) is 12.7 Å². The summed E-state index contributed by atoms with van der Waals surface area (Å²) in [5, 5.41) is 0. The Hall–Kier alpha value is -0.0400. The minimum atomic E-state index is 0.642. The second-order valence-corrected chi connectivity index (χ2v) is 5.33. The van der Waals surface area contributed by atoms with Crippen LogP contribution in [0.25, 0.3) is 0 Å². The molecule has 96 valence electrons. The third kappa shape index (κ3) is 6.52. The number of hydrogen-bond donors (Lipinski definition) is 0. The van der Waals surface area contributed by atoms with Gasteiger partial charge in [-0.3, -0.25) is 0 Å². The standard InChI is InChI=1S/C15H30O/c1-3-5-7-9-11-14(15-13-16-15)12-10-8-6-4-2/h14-15H,3-13H2,1-2H3. The summed E-state index contributed by atoms with van der Waals surface area (Å²) in [7, 11) is 0. The van der Waals surface area contributed by atoms with Gasteiger partial charge in [0.1, 0.15) is 0 Å². The van der Waals surface area contributed by atoms with Crippen molar-refractivity contribution in [3.63, 3.8) is 0 Å². The van der Waals surface area contributed by atoms with Gasteiger partial charge in [0.2, 0.25) is 0 Å². The summed E-state index contributed by atoms with van der Waals surface area (Å²) in [6.45, 7) is 5.62. The van der Waals surface area contributed by atoms with Gasteiger partial charge in [0.15, 0.2) is 0 Å². The first kappa shape index (κ1) is 14.0. The molecule has 0 saturated carbocycles. The highest BCUT2D eigenvalue weighted by atomic mass is 16.6. The van der Waals surface area contributed by atoms with E-state index in [2.05, 4.69) is 13.8 Å². The van der Waals surface area contributed by atoms with Gasteiger partial charge < -0.3 is 4.74 Å². The Bertz CT molecular complexity index is 140. The Morgan fingerprint density at radius 3 is 1.75 bits per heavy atom. The second kappa shape index (κ2) is 9.04. The minimum absolute atomic E-state index is 0.642. The number of ether oxygens (including phenoxy) is 1. The molecule has 0 spiro atoms. The third-order valence-corrected chi connectivity index (χ3v) is 3.74. The van der Waals surface area contributed by atoms with Crippen molar-refractivity contribution in [2.24, 2.45) is 5.92 Å². The Morgan fingerprint density at radius 1 is 0.875 bits per heavy atom. The number of unbranched alkanes of at least 4 members (excludes halogenated alkanes) is 6. The maximum atomic E-state index is 5.48. The molecule has 1 fully saturated rings. The van der Waals surface area contributed by atoms with E-state index >= 15 is 0 Å². The molecule has 1 saturated heterocycles. The topological polar surface area (TPSA) is 12.5 Å². The lowest BCUT2D eigenvalue weighted by Crippen LogP contribution is -2.08. The molecule has 0 aliphatic carbocycles. The Labute approximate surface area is 102 Å². The molecular weight excluding hydrogens is 196 g/mol. The van der Waals surface area contributed by atoms with Gasteiger partial charge >= 0.3 is 0 Å². The highest BCUT2D eigenvalue weighted by molar-refractivity contribution is 4.79. The van der Waals surface area contributed by atoms with Crippen molar-refractivity contribution in [1.82, 2.24) is 0 Å². The van der Waals surface area contributed by atoms with Crippen LogP contribution >= 0.6 is 0 Å². The number of rotatable bonds is 11. The molecule has 1 aliphatic rings. The lowest BCUT2D eigenvalue weighted by atomic mass is 9.92. The van der Waals surface area contributed by atoms with Gasteiger partial charge in [-0.05, 0) is 18.8 Å². The Morgan fingerprint density at radius 2 is 1.38 bits per heavy atom. The van der Waals surface area contributed by atoms with Gasteiger partial charge in [-0.2, -0.15) is 0 Å². The summed E-state index contributed by atoms with van der Waals surface area (Å²) in [6.07, 6.45) is 14.7. The average Bonchev–Trinajstić information content (AvgIpc) is 3.11. The summed E-state index contributed by atoms with van der Waals surface area (Å²) in [5.74, 6) is 0.883. The molecule has 1 heteroatoms. The van der Waals surface area contributed by atoms with Gasteiger partial charge in [-0.1, -0.05) is 65.2 Å². The predicted octanol–water partition coefficient (Wildman–Crippen LogP) is 4.94. The van der Waals surface area contributed by atoms with Crippen LogP contribution in [0.5, 0.6) is 0 Å². The van der Waals surface area contributed by atoms with Crippen LogP contribution in [0.1, 0.15) is 78.1 Å². The molecule has 0 aromatic heterocycles. The first-order valence-electron chi connectivity index (χ1n) is 7.50. The zero-order chi connectivity index (χ0) is 11.6. The average molecular weight is 226 g/mol. The molecule has 0 radical (unpaired) electrons. The maximum Gasteiger partial charge on any atom is 0.0838 e. The highest BCUT2D eigenvalue weighted by Crippen LogP contribution is 2.29. The summed E-state index contributed by atoms with van der Waals surface area (Å²) < 4.78 is 5.48. The largest absolute Gasteiger partial charge is 0.373 e. The molecule has 1 rings (SSSR count). The molecule has 1 heterocycles. The van der Waals surface area contributed by atoms with Gasteiger partial charge in [0, 0.05) is 0 Å². The van der Waals surface area contributed by atoms with Crippen molar-refractivity contribution >= 4 is 0 Å². The van der Waals surface area contributed by atoms with Crippen molar-refractivity contribution in [1.29, 1.82) is 0 Å². The van der Waals surface area contributed by atoms with Gasteiger partial charge in [-0.25, -0.2) is 0 Å². The Balaban J connectivity index is 2.01. The van der Waals surface area contributed by atoms with Gasteiger partial charge in [0.05, 0.1) is 12.7 Å². The van der Waals surface area contributed by atoms with Crippen molar-refractivity contribution in [3.05, 3.63) is 0 Å². The van der Waals surface area contributed by atoms with Crippen LogP contribution in [-0.2, 0) is 4.74 Å². The molecular formula is C15H30O. The highest BCUT2D eigenvalue weighted by Gasteiger charge is 2.31. The summed E-state index contributed by atoms with van der Waals surface area (Å²) in [5.41, 5.74) is 0. The zero-order valence-electron chi connectivity index (χ0n) is 11.3. The van der Waals surface area contributed by atoms with Crippen molar-refractivity contribution in [3.8, 4) is 0 Å². The SMILES string of the molecule is CCCCCCC(CCCCCC)C1CO1. The quantitative estimate of drug-likeness (QED) is 0.359. The number of hydrogen-bond acceptors (Lipinski definition) is 1. The minimum Gasteiger partial charge on any atom is -0.373 e. The predicted molar refractivity (Wildman–Crippen MR) is 70.7 cm³/mol. The fourth-order valence-electron chi connectivity index (χ4n) is 2.51. The first-order chi connectivity index (χ1) is 7.88. The van der Waals surface area contributed by atoms with Crippen molar-refractivity contribution < 1.29 is 4.74 Å². The molecule has 16 heavy (non-hydrogen) atoms. The molecule has 1 nitrogen and oxygen atoms in total. The second-order valence-electron chi connectivity index (χ2n) is 5.33. The normalized spacial score (nSPS) is 19.3. The molecule has 0 aromatic rings. The van der Waals surface area contributed by atoms with E-state index in [1.807, 2.05) is 0 Å². The molecule has 0 N–H and O–H groups in total. The van der Waals surface area contributed by atoms with E-state index in [0.29, 0.717) is 6.10 Å².